The largest absolute Gasteiger partial charge is 0.465 e. The fourth-order valence-corrected chi connectivity index (χ4v) is 1.96. The third kappa shape index (κ3) is 2.14. The average Bonchev–Trinajstić information content (AvgIpc) is 2.82. The molecule has 1 aromatic rings. The van der Waals surface area contributed by atoms with Gasteiger partial charge in [-0.2, -0.15) is 0 Å². The van der Waals surface area contributed by atoms with E-state index < -0.39 is 0 Å². The van der Waals surface area contributed by atoms with E-state index in [4.69, 9.17) is 0 Å². The number of esters is 1. The minimum atomic E-state index is -0.382. The molecule has 4 nitrogen and oxygen atoms in total. The van der Waals surface area contributed by atoms with E-state index in [1.54, 1.807) is 12.4 Å². The Morgan fingerprint density at radius 2 is 1.93 bits per heavy atom. The fraction of sp³-hybridized carbons (Fsp3) is 0.545. The van der Waals surface area contributed by atoms with Crippen LogP contribution in [0.4, 0.5) is 0 Å². The molecule has 1 aromatic heterocycles. The van der Waals surface area contributed by atoms with Crippen molar-refractivity contribution in [3.63, 3.8) is 0 Å². The molecule has 0 aliphatic heterocycles. The van der Waals surface area contributed by atoms with Crippen molar-refractivity contribution in [2.75, 3.05) is 7.11 Å². The maximum atomic E-state index is 11.1. The highest BCUT2D eigenvalue weighted by molar-refractivity contribution is 5.88. The summed E-state index contributed by atoms with van der Waals surface area (Å²) in [5.41, 5.74) is 0.416. The molecule has 2 rings (SSSR count). The normalized spacial score (nSPS) is 16.6. The Balaban J connectivity index is 2.12. The van der Waals surface area contributed by atoms with E-state index in [2.05, 4.69) is 14.7 Å². The Kier molecular flexibility index (Phi) is 2.94. The van der Waals surface area contributed by atoms with Crippen LogP contribution in [0.15, 0.2) is 12.4 Å². The summed E-state index contributed by atoms with van der Waals surface area (Å²) in [6.07, 6.45) is 7.94. The van der Waals surface area contributed by atoms with Crippen LogP contribution >= 0.6 is 0 Å². The van der Waals surface area contributed by atoms with Gasteiger partial charge in [-0.1, -0.05) is 12.8 Å². The van der Waals surface area contributed by atoms with Gasteiger partial charge >= 0.3 is 5.97 Å². The highest BCUT2D eigenvalue weighted by atomic mass is 16.5. The molecule has 0 atom stereocenters. The first-order valence-corrected chi connectivity index (χ1v) is 5.21. The predicted molar refractivity (Wildman–Crippen MR) is 54.6 cm³/mol. The number of hydrogen-bond donors (Lipinski definition) is 0. The monoisotopic (exact) mass is 206 g/mol. The van der Waals surface area contributed by atoms with Gasteiger partial charge in [0, 0.05) is 18.3 Å². The molecule has 0 amide bonds. The highest BCUT2D eigenvalue weighted by Crippen LogP contribution is 2.31. The van der Waals surface area contributed by atoms with Crippen LogP contribution < -0.4 is 0 Å². The summed E-state index contributed by atoms with van der Waals surface area (Å²) < 4.78 is 4.58. The summed E-state index contributed by atoms with van der Waals surface area (Å²) in [5.74, 6) is 0.963. The lowest BCUT2D eigenvalue weighted by atomic mass is 10.1. The van der Waals surface area contributed by atoms with Crippen molar-refractivity contribution in [3.05, 3.63) is 23.8 Å². The van der Waals surface area contributed by atoms with Crippen molar-refractivity contribution in [1.29, 1.82) is 0 Å². The van der Waals surface area contributed by atoms with Crippen molar-refractivity contribution in [3.8, 4) is 0 Å². The highest BCUT2D eigenvalue weighted by Gasteiger charge is 2.19. The molecule has 0 spiro atoms. The molecule has 0 aromatic carbocycles. The van der Waals surface area contributed by atoms with Gasteiger partial charge in [-0.25, -0.2) is 14.8 Å². The van der Waals surface area contributed by atoms with Crippen LogP contribution in [-0.4, -0.2) is 23.0 Å². The quantitative estimate of drug-likeness (QED) is 0.694. The van der Waals surface area contributed by atoms with Gasteiger partial charge in [0.2, 0.25) is 0 Å². The van der Waals surface area contributed by atoms with Gasteiger partial charge in [-0.15, -0.1) is 0 Å². The minimum absolute atomic E-state index is 0.382. The molecule has 1 heterocycles. The Hall–Kier alpha value is -1.45. The van der Waals surface area contributed by atoms with Crippen LogP contribution in [0, 0.1) is 0 Å². The Bertz CT molecular complexity index is 342. The van der Waals surface area contributed by atoms with Gasteiger partial charge in [0.05, 0.1) is 12.7 Å². The van der Waals surface area contributed by atoms with Crippen LogP contribution in [0.1, 0.15) is 47.8 Å². The number of carbonyl (C=O) groups is 1. The second-order valence-corrected chi connectivity index (χ2v) is 3.80. The van der Waals surface area contributed by atoms with Gasteiger partial charge < -0.3 is 4.74 Å². The van der Waals surface area contributed by atoms with Crippen LogP contribution in [0.5, 0.6) is 0 Å². The standard InChI is InChI=1S/C11H14N2O2/c1-15-11(14)9-6-12-10(13-7-9)8-4-2-3-5-8/h6-8H,2-5H2,1H3. The average molecular weight is 206 g/mol. The summed E-state index contributed by atoms with van der Waals surface area (Å²) in [6.45, 7) is 0. The summed E-state index contributed by atoms with van der Waals surface area (Å²) in [5, 5.41) is 0. The summed E-state index contributed by atoms with van der Waals surface area (Å²) in [4.78, 5) is 19.6. The van der Waals surface area contributed by atoms with Crippen LogP contribution in [0.3, 0.4) is 0 Å². The molecular formula is C11H14N2O2. The Morgan fingerprint density at radius 1 is 1.33 bits per heavy atom. The van der Waals surface area contributed by atoms with Gasteiger partial charge in [-0.3, -0.25) is 0 Å². The third-order valence-electron chi connectivity index (χ3n) is 2.81. The SMILES string of the molecule is COC(=O)c1cnc(C2CCCC2)nc1. The molecule has 1 saturated carbocycles. The maximum Gasteiger partial charge on any atom is 0.341 e. The number of rotatable bonds is 2. The van der Waals surface area contributed by atoms with E-state index in [9.17, 15) is 4.79 Å². The molecule has 0 radical (unpaired) electrons. The van der Waals surface area contributed by atoms with Crippen LogP contribution in [0.25, 0.3) is 0 Å². The zero-order valence-corrected chi connectivity index (χ0v) is 8.77. The zero-order chi connectivity index (χ0) is 10.7. The van der Waals surface area contributed by atoms with Crippen molar-refractivity contribution >= 4 is 5.97 Å². The molecule has 1 aliphatic rings. The molecule has 15 heavy (non-hydrogen) atoms. The number of carbonyl (C=O) groups excluding carboxylic acids is 1. The minimum Gasteiger partial charge on any atom is -0.465 e. The Labute approximate surface area is 88.7 Å². The first-order valence-electron chi connectivity index (χ1n) is 5.21. The number of methoxy groups -OCH3 is 1. The lowest BCUT2D eigenvalue weighted by molar-refractivity contribution is 0.0599. The van der Waals surface area contributed by atoms with E-state index in [0.717, 1.165) is 18.7 Å². The van der Waals surface area contributed by atoms with Gasteiger partial charge in [0.15, 0.2) is 0 Å². The van der Waals surface area contributed by atoms with Gasteiger partial charge in [-0.05, 0) is 12.8 Å². The molecule has 0 N–H and O–H groups in total. The van der Waals surface area contributed by atoms with Crippen LogP contribution in [0.2, 0.25) is 0 Å². The Morgan fingerprint density at radius 3 is 2.47 bits per heavy atom. The molecule has 80 valence electrons. The lowest BCUT2D eigenvalue weighted by Gasteiger charge is -2.06. The molecular weight excluding hydrogens is 192 g/mol. The van der Waals surface area contributed by atoms with Crippen LogP contribution in [-0.2, 0) is 4.74 Å². The molecule has 0 unspecified atom stereocenters. The summed E-state index contributed by atoms with van der Waals surface area (Å²) in [6, 6.07) is 0. The molecule has 0 saturated heterocycles. The summed E-state index contributed by atoms with van der Waals surface area (Å²) in [7, 11) is 1.35. The number of hydrogen-bond acceptors (Lipinski definition) is 4. The lowest BCUT2D eigenvalue weighted by Crippen LogP contribution is -2.06. The number of aromatic nitrogens is 2. The molecule has 1 fully saturated rings. The van der Waals surface area contributed by atoms with E-state index >= 15 is 0 Å². The number of nitrogens with zero attached hydrogens (tertiary/aromatic N) is 2. The first kappa shape index (κ1) is 10.1. The van der Waals surface area contributed by atoms with Crippen molar-refractivity contribution in [1.82, 2.24) is 9.97 Å². The van der Waals surface area contributed by atoms with Crippen molar-refractivity contribution in [2.45, 2.75) is 31.6 Å². The number of ether oxygens (including phenoxy) is 1. The predicted octanol–water partition coefficient (Wildman–Crippen LogP) is 1.92. The van der Waals surface area contributed by atoms with Gasteiger partial charge in [0.1, 0.15) is 5.82 Å². The summed E-state index contributed by atoms with van der Waals surface area (Å²) >= 11 is 0. The van der Waals surface area contributed by atoms with E-state index in [-0.39, 0.29) is 5.97 Å². The first-order chi connectivity index (χ1) is 7.31. The maximum absolute atomic E-state index is 11.1. The van der Waals surface area contributed by atoms with Crippen molar-refractivity contribution in [2.24, 2.45) is 0 Å². The second kappa shape index (κ2) is 4.38. The van der Waals surface area contributed by atoms with Crippen molar-refractivity contribution < 1.29 is 9.53 Å². The van der Waals surface area contributed by atoms with E-state index in [1.165, 1.54) is 20.0 Å². The molecule has 1 aliphatic carbocycles. The van der Waals surface area contributed by atoms with Gasteiger partial charge in [0.25, 0.3) is 0 Å². The topological polar surface area (TPSA) is 52.1 Å². The van der Waals surface area contributed by atoms with E-state index in [1.807, 2.05) is 0 Å². The fourth-order valence-electron chi connectivity index (χ4n) is 1.96. The third-order valence-corrected chi connectivity index (χ3v) is 2.81. The molecule has 4 heteroatoms. The van der Waals surface area contributed by atoms with E-state index in [0.29, 0.717) is 11.5 Å². The smallest absolute Gasteiger partial charge is 0.341 e. The second-order valence-electron chi connectivity index (χ2n) is 3.80. The molecule has 0 bridgehead atoms. The zero-order valence-electron chi connectivity index (χ0n) is 8.77.